The highest BCUT2D eigenvalue weighted by atomic mass is 15.4. The van der Waals surface area contributed by atoms with Gasteiger partial charge in [0.25, 0.3) is 0 Å². The zero-order valence-electron chi connectivity index (χ0n) is 17.1. The van der Waals surface area contributed by atoms with Gasteiger partial charge in [0.2, 0.25) is 0 Å². The minimum absolute atomic E-state index is 0.683. The smallest absolute Gasteiger partial charge is 0.180 e. The summed E-state index contributed by atoms with van der Waals surface area (Å²) in [5, 5.41) is 12.9. The van der Waals surface area contributed by atoms with Crippen LogP contribution in [-0.2, 0) is 6.42 Å². The van der Waals surface area contributed by atoms with Crippen LogP contribution in [0.15, 0.2) is 42.6 Å². The third-order valence-electron chi connectivity index (χ3n) is 5.35. The number of rotatable bonds is 4. The molecule has 0 saturated carbocycles. The van der Waals surface area contributed by atoms with Crippen LogP contribution in [0.1, 0.15) is 18.4 Å². The van der Waals surface area contributed by atoms with E-state index in [9.17, 15) is 0 Å². The normalized spacial score (nSPS) is 14.5. The second-order valence-corrected chi connectivity index (χ2v) is 7.29. The number of aryl methyl sites for hydroxylation is 2. The van der Waals surface area contributed by atoms with Crippen LogP contribution in [0.3, 0.4) is 0 Å². The molecule has 152 valence electrons. The van der Waals surface area contributed by atoms with Gasteiger partial charge < -0.3 is 9.80 Å². The average Bonchev–Trinajstić information content (AvgIpc) is 3.19. The minimum atomic E-state index is 0.683. The topological polar surface area (TPSA) is 88.2 Å². The fraction of sp³-hybridized carbons (Fsp3) is 0.333. The Balaban J connectivity index is 1.36. The Morgan fingerprint density at radius 1 is 0.900 bits per heavy atom. The second-order valence-electron chi connectivity index (χ2n) is 7.29. The van der Waals surface area contributed by atoms with Crippen molar-refractivity contribution in [2.75, 3.05) is 36.0 Å². The summed E-state index contributed by atoms with van der Waals surface area (Å²) in [5.74, 6) is 3.37. The van der Waals surface area contributed by atoms with Crippen molar-refractivity contribution in [2.45, 2.75) is 20.3 Å². The largest absolute Gasteiger partial charge is 0.353 e. The minimum Gasteiger partial charge on any atom is -0.353 e. The summed E-state index contributed by atoms with van der Waals surface area (Å²) in [4.78, 5) is 18.5. The van der Waals surface area contributed by atoms with Crippen molar-refractivity contribution in [1.82, 2.24) is 34.8 Å². The number of pyridine rings is 1. The second kappa shape index (κ2) is 7.66. The van der Waals surface area contributed by atoms with E-state index in [0.29, 0.717) is 5.82 Å². The molecule has 0 spiro atoms. The van der Waals surface area contributed by atoms with Crippen molar-refractivity contribution in [2.24, 2.45) is 0 Å². The highest BCUT2D eigenvalue weighted by Crippen LogP contribution is 2.22. The molecule has 4 aromatic heterocycles. The summed E-state index contributed by atoms with van der Waals surface area (Å²) in [5.41, 5.74) is 2.60. The van der Waals surface area contributed by atoms with Gasteiger partial charge in [-0.25, -0.2) is 9.97 Å². The molecule has 1 aliphatic rings. The van der Waals surface area contributed by atoms with E-state index in [4.69, 9.17) is 10.1 Å². The van der Waals surface area contributed by atoms with Crippen molar-refractivity contribution >= 4 is 17.3 Å². The monoisotopic (exact) mass is 401 g/mol. The zero-order chi connectivity index (χ0) is 20.5. The first-order chi connectivity index (χ1) is 14.7. The molecule has 0 aromatic carbocycles. The Morgan fingerprint density at radius 2 is 1.70 bits per heavy atom. The summed E-state index contributed by atoms with van der Waals surface area (Å²) < 4.78 is 1.79. The van der Waals surface area contributed by atoms with E-state index in [-0.39, 0.29) is 0 Å². The maximum Gasteiger partial charge on any atom is 0.180 e. The molecule has 5 rings (SSSR count). The maximum absolute atomic E-state index is 4.82. The quantitative estimate of drug-likeness (QED) is 0.514. The van der Waals surface area contributed by atoms with E-state index in [1.165, 1.54) is 0 Å². The van der Waals surface area contributed by atoms with Gasteiger partial charge in [-0.2, -0.15) is 4.52 Å². The third-order valence-corrected chi connectivity index (χ3v) is 5.35. The molecule has 30 heavy (non-hydrogen) atoms. The lowest BCUT2D eigenvalue weighted by Gasteiger charge is -2.36. The Kier molecular flexibility index (Phi) is 4.70. The molecule has 5 heterocycles. The van der Waals surface area contributed by atoms with Gasteiger partial charge in [0.1, 0.15) is 17.3 Å². The number of anilines is 2. The van der Waals surface area contributed by atoms with Gasteiger partial charge in [-0.3, -0.25) is 4.98 Å². The molecule has 0 unspecified atom stereocenters. The Bertz CT molecular complexity index is 1160. The fourth-order valence-corrected chi connectivity index (χ4v) is 3.66. The predicted molar refractivity (Wildman–Crippen MR) is 115 cm³/mol. The SMILES string of the molecule is CCc1cc(N2CCN(c3ccc4nnc(C)n4n3)CC2)nc(-c2ccccn2)n1. The van der Waals surface area contributed by atoms with Gasteiger partial charge in [0.05, 0.1) is 0 Å². The lowest BCUT2D eigenvalue weighted by Crippen LogP contribution is -2.47. The number of aromatic nitrogens is 7. The predicted octanol–water partition coefficient (Wildman–Crippen LogP) is 2.17. The van der Waals surface area contributed by atoms with E-state index in [0.717, 1.165) is 67.1 Å². The summed E-state index contributed by atoms with van der Waals surface area (Å²) in [6.45, 7) is 7.48. The number of hydrogen-bond donors (Lipinski definition) is 0. The number of fused-ring (bicyclic) bond motifs is 1. The van der Waals surface area contributed by atoms with Crippen molar-refractivity contribution < 1.29 is 0 Å². The third kappa shape index (κ3) is 3.42. The fourth-order valence-electron chi connectivity index (χ4n) is 3.66. The molecular formula is C21H23N9. The van der Waals surface area contributed by atoms with Crippen LogP contribution in [-0.4, -0.2) is 60.9 Å². The van der Waals surface area contributed by atoms with E-state index in [1.807, 2.05) is 37.3 Å². The molecule has 9 nitrogen and oxygen atoms in total. The Hall–Kier alpha value is -3.62. The van der Waals surface area contributed by atoms with Crippen LogP contribution in [0.5, 0.6) is 0 Å². The average molecular weight is 401 g/mol. The number of hydrogen-bond acceptors (Lipinski definition) is 8. The van der Waals surface area contributed by atoms with E-state index < -0.39 is 0 Å². The van der Waals surface area contributed by atoms with Gasteiger partial charge in [-0.05, 0) is 37.6 Å². The van der Waals surface area contributed by atoms with E-state index in [2.05, 4.69) is 43.0 Å². The summed E-state index contributed by atoms with van der Waals surface area (Å²) >= 11 is 0. The number of piperazine rings is 1. The van der Waals surface area contributed by atoms with Gasteiger partial charge in [0, 0.05) is 44.1 Å². The zero-order valence-corrected chi connectivity index (χ0v) is 17.1. The summed E-state index contributed by atoms with van der Waals surface area (Å²) in [7, 11) is 0. The lowest BCUT2D eigenvalue weighted by atomic mass is 10.2. The molecule has 1 saturated heterocycles. The highest BCUT2D eigenvalue weighted by molar-refractivity contribution is 5.55. The molecular weight excluding hydrogens is 378 g/mol. The highest BCUT2D eigenvalue weighted by Gasteiger charge is 2.21. The first-order valence-electron chi connectivity index (χ1n) is 10.2. The molecule has 1 aliphatic heterocycles. The van der Waals surface area contributed by atoms with Crippen molar-refractivity contribution in [3.63, 3.8) is 0 Å². The van der Waals surface area contributed by atoms with Crippen LogP contribution in [0.25, 0.3) is 17.2 Å². The van der Waals surface area contributed by atoms with Crippen LogP contribution in [0.4, 0.5) is 11.6 Å². The van der Waals surface area contributed by atoms with Crippen molar-refractivity contribution in [3.8, 4) is 11.5 Å². The molecule has 1 fully saturated rings. The Morgan fingerprint density at radius 3 is 2.43 bits per heavy atom. The molecule has 9 heteroatoms. The van der Waals surface area contributed by atoms with Crippen molar-refractivity contribution in [1.29, 1.82) is 0 Å². The van der Waals surface area contributed by atoms with Crippen LogP contribution in [0.2, 0.25) is 0 Å². The first-order valence-corrected chi connectivity index (χ1v) is 10.2. The van der Waals surface area contributed by atoms with Gasteiger partial charge >= 0.3 is 0 Å². The standard InChI is InChI=1S/C21H23N9/c1-3-16-14-20(24-21(23-16)17-6-4-5-9-22-17)29-12-10-28(11-13-29)19-8-7-18-26-25-15(2)30(18)27-19/h4-9,14H,3,10-13H2,1-2H3. The molecule has 0 bridgehead atoms. The van der Waals surface area contributed by atoms with E-state index in [1.54, 1.807) is 10.7 Å². The summed E-state index contributed by atoms with van der Waals surface area (Å²) in [6.07, 6.45) is 2.63. The van der Waals surface area contributed by atoms with E-state index >= 15 is 0 Å². The van der Waals surface area contributed by atoms with Gasteiger partial charge in [-0.1, -0.05) is 13.0 Å². The van der Waals surface area contributed by atoms with Crippen LogP contribution in [0, 0.1) is 6.92 Å². The molecule has 4 aromatic rings. The Labute approximate surface area is 174 Å². The molecule has 0 radical (unpaired) electrons. The maximum atomic E-state index is 4.82. The van der Waals surface area contributed by atoms with Crippen LogP contribution >= 0.6 is 0 Å². The van der Waals surface area contributed by atoms with Gasteiger partial charge in [0.15, 0.2) is 17.3 Å². The molecule has 0 atom stereocenters. The van der Waals surface area contributed by atoms with Crippen molar-refractivity contribution in [3.05, 3.63) is 54.1 Å². The molecule has 0 N–H and O–H groups in total. The number of nitrogens with zero attached hydrogens (tertiary/aromatic N) is 9. The van der Waals surface area contributed by atoms with Crippen LogP contribution < -0.4 is 9.80 Å². The lowest BCUT2D eigenvalue weighted by molar-refractivity contribution is 0.634. The molecule has 0 aliphatic carbocycles. The summed E-state index contributed by atoms with van der Waals surface area (Å²) in [6, 6.07) is 11.9. The molecule has 0 amide bonds. The van der Waals surface area contributed by atoms with Gasteiger partial charge in [-0.15, -0.1) is 15.3 Å². The first kappa shape index (κ1) is 18.4.